The van der Waals surface area contributed by atoms with Gasteiger partial charge in [0.25, 0.3) is 0 Å². The van der Waals surface area contributed by atoms with Gasteiger partial charge in [-0.1, -0.05) is 17.3 Å². The van der Waals surface area contributed by atoms with Gasteiger partial charge in [0.05, 0.1) is 12.1 Å². The van der Waals surface area contributed by atoms with Crippen LogP contribution in [0.1, 0.15) is 30.1 Å². The summed E-state index contributed by atoms with van der Waals surface area (Å²) in [5.41, 5.74) is 1.03. The minimum absolute atomic E-state index is 0.222. The Hall–Kier alpha value is -2.61. The Morgan fingerprint density at radius 2 is 1.92 bits per heavy atom. The molecule has 1 atom stereocenters. The first-order valence-corrected chi connectivity index (χ1v) is 8.31. The van der Waals surface area contributed by atoms with Gasteiger partial charge < -0.3 is 9.09 Å². The van der Waals surface area contributed by atoms with Crippen LogP contribution in [0.3, 0.4) is 0 Å². The molecule has 0 radical (unpaired) electrons. The summed E-state index contributed by atoms with van der Waals surface area (Å²) < 4.78 is 45.5. The molecule has 8 heteroatoms. The number of hydrogen-bond acceptors (Lipinski definition) is 4. The van der Waals surface area contributed by atoms with Gasteiger partial charge in [-0.3, -0.25) is 4.90 Å². The standard InChI is InChI=1S/C18H17F3N4O/c1-12-15-3-2-8-24(15)9-10-25(12)11-16-22-17(23-26-16)13-4-6-14(7-5-13)18(19,20)21/h2-8,12H,9-11H2,1H3. The van der Waals surface area contributed by atoms with Crippen molar-refractivity contribution >= 4 is 0 Å². The van der Waals surface area contributed by atoms with E-state index in [-0.39, 0.29) is 6.04 Å². The highest BCUT2D eigenvalue weighted by molar-refractivity contribution is 5.54. The van der Waals surface area contributed by atoms with Gasteiger partial charge in [0.1, 0.15) is 0 Å². The third-order valence-electron chi connectivity index (χ3n) is 4.75. The van der Waals surface area contributed by atoms with E-state index in [9.17, 15) is 13.2 Å². The Morgan fingerprint density at radius 1 is 1.15 bits per heavy atom. The van der Waals surface area contributed by atoms with Gasteiger partial charge in [-0.2, -0.15) is 18.2 Å². The Balaban J connectivity index is 1.49. The molecule has 0 fully saturated rings. The maximum Gasteiger partial charge on any atom is 0.416 e. The molecule has 26 heavy (non-hydrogen) atoms. The second kappa shape index (κ2) is 6.28. The number of aromatic nitrogens is 3. The Labute approximate surface area is 148 Å². The van der Waals surface area contributed by atoms with E-state index in [2.05, 4.69) is 38.8 Å². The van der Waals surface area contributed by atoms with Crippen LogP contribution in [0.2, 0.25) is 0 Å². The molecule has 0 bridgehead atoms. The van der Waals surface area contributed by atoms with Crippen molar-refractivity contribution in [3.8, 4) is 11.4 Å². The molecule has 4 rings (SSSR count). The number of halogens is 3. The molecule has 0 saturated heterocycles. The smallest absolute Gasteiger partial charge is 0.349 e. The molecule has 0 saturated carbocycles. The quantitative estimate of drug-likeness (QED) is 0.703. The minimum atomic E-state index is -4.36. The fourth-order valence-corrected chi connectivity index (χ4v) is 3.26. The molecule has 5 nitrogen and oxygen atoms in total. The molecular formula is C18H17F3N4O. The SMILES string of the molecule is CC1c2cccn2CCN1Cc1nc(-c2ccc(C(F)(F)F)cc2)no1. The van der Waals surface area contributed by atoms with Crippen molar-refractivity contribution in [2.45, 2.75) is 32.2 Å². The van der Waals surface area contributed by atoms with E-state index in [4.69, 9.17) is 4.52 Å². The van der Waals surface area contributed by atoms with Gasteiger partial charge in [0.15, 0.2) is 0 Å². The van der Waals surface area contributed by atoms with Gasteiger partial charge in [-0.15, -0.1) is 0 Å². The molecule has 1 aliphatic rings. The summed E-state index contributed by atoms with van der Waals surface area (Å²) in [6, 6.07) is 9.10. The fraction of sp³-hybridized carbons (Fsp3) is 0.333. The predicted molar refractivity (Wildman–Crippen MR) is 88.0 cm³/mol. The van der Waals surface area contributed by atoms with Crippen LogP contribution in [0.25, 0.3) is 11.4 Å². The lowest BCUT2D eigenvalue weighted by Crippen LogP contribution is -2.35. The van der Waals surface area contributed by atoms with Crippen LogP contribution in [0, 0.1) is 0 Å². The van der Waals surface area contributed by atoms with Crippen molar-refractivity contribution in [3.05, 3.63) is 59.7 Å². The molecule has 2 aromatic heterocycles. The highest BCUT2D eigenvalue weighted by Gasteiger charge is 2.30. The van der Waals surface area contributed by atoms with Gasteiger partial charge in [-0.25, -0.2) is 0 Å². The average molecular weight is 362 g/mol. The summed E-state index contributed by atoms with van der Waals surface area (Å²) in [7, 11) is 0. The Bertz CT molecular complexity index is 898. The average Bonchev–Trinajstić information content (AvgIpc) is 3.26. The van der Waals surface area contributed by atoms with Gasteiger partial charge in [-0.05, 0) is 31.2 Å². The summed E-state index contributed by atoms with van der Waals surface area (Å²) in [5, 5.41) is 3.90. The third-order valence-corrected chi connectivity index (χ3v) is 4.75. The number of rotatable bonds is 3. The van der Waals surface area contributed by atoms with Crippen molar-refractivity contribution in [2.24, 2.45) is 0 Å². The number of fused-ring (bicyclic) bond motifs is 1. The zero-order valence-corrected chi connectivity index (χ0v) is 14.1. The maximum absolute atomic E-state index is 12.6. The van der Waals surface area contributed by atoms with Crippen LogP contribution in [0.15, 0.2) is 47.1 Å². The van der Waals surface area contributed by atoms with Crippen LogP contribution in [-0.2, 0) is 19.3 Å². The number of nitrogens with zero attached hydrogens (tertiary/aromatic N) is 4. The van der Waals surface area contributed by atoms with Crippen LogP contribution in [-0.4, -0.2) is 26.2 Å². The van der Waals surface area contributed by atoms with E-state index < -0.39 is 11.7 Å². The molecule has 0 N–H and O–H groups in total. The number of hydrogen-bond donors (Lipinski definition) is 0. The zero-order chi connectivity index (χ0) is 18.3. The molecule has 0 aliphatic carbocycles. The molecule has 0 spiro atoms. The lowest BCUT2D eigenvalue weighted by atomic mass is 10.1. The largest absolute Gasteiger partial charge is 0.416 e. The summed E-state index contributed by atoms with van der Waals surface area (Å²) in [6.07, 6.45) is -2.29. The normalized spacial score (nSPS) is 18.1. The predicted octanol–water partition coefficient (Wildman–Crippen LogP) is 4.13. The molecule has 3 heterocycles. The first-order chi connectivity index (χ1) is 12.4. The van der Waals surface area contributed by atoms with E-state index in [1.165, 1.54) is 17.8 Å². The Kier molecular flexibility index (Phi) is 4.07. The fourth-order valence-electron chi connectivity index (χ4n) is 3.26. The van der Waals surface area contributed by atoms with Gasteiger partial charge in [0.2, 0.25) is 11.7 Å². The van der Waals surface area contributed by atoms with Crippen LogP contribution in [0.5, 0.6) is 0 Å². The molecule has 1 unspecified atom stereocenters. The van der Waals surface area contributed by atoms with Crippen molar-refractivity contribution in [2.75, 3.05) is 6.54 Å². The minimum Gasteiger partial charge on any atom is -0.349 e. The topological polar surface area (TPSA) is 47.1 Å². The second-order valence-corrected chi connectivity index (χ2v) is 6.36. The lowest BCUT2D eigenvalue weighted by molar-refractivity contribution is -0.137. The summed E-state index contributed by atoms with van der Waals surface area (Å²) in [6.45, 7) is 4.38. The van der Waals surface area contributed by atoms with E-state index in [1.54, 1.807) is 0 Å². The van der Waals surface area contributed by atoms with Gasteiger partial charge >= 0.3 is 6.18 Å². The Morgan fingerprint density at radius 3 is 2.65 bits per heavy atom. The van der Waals surface area contributed by atoms with Crippen molar-refractivity contribution in [3.63, 3.8) is 0 Å². The van der Waals surface area contributed by atoms with E-state index >= 15 is 0 Å². The summed E-state index contributed by atoms with van der Waals surface area (Å²) >= 11 is 0. The zero-order valence-electron chi connectivity index (χ0n) is 14.1. The third kappa shape index (κ3) is 3.12. The molecular weight excluding hydrogens is 345 g/mol. The van der Waals surface area contributed by atoms with Crippen molar-refractivity contribution < 1.29 is 17.7 Å². The second-order valence-electron chi connectivity index (χ2n) is 6.36. The first-order valence-electron chi connectivity index (χ1n) is 8.31. The van der Waals surface area contributed by atoms with Crippen molar-refractivity contribution in [1.29, 1.82) is 0 Å². The lowest BCUT2D eigenvalue weighted by Gasteiger charge is -2.33. The summed E-state index contributed by atoms with van der Waals surface area (Å²) in [5.74, 6) is 0.744. The summed E-state index contributed by atoms with van der Waals surface area (Å²) in [4.78, 5) is 6.57. The van der Waals surface area contributed by atoms with Gasteiger partial charge in [0, 0.05) is 36.6 Å². The molecule has 3 aromatic rings. The number of benzene rings is 1. The van der Waals surface area contributed by atoms with Crippen LogP contribution < -0.4 is 0 Å². The van der Waals surface area contributed by atoms with E-state index in [0.717, 1.165) is 25.2 Å². The number of alkyl halides is 3. The molecule has 0 amide bonds. The highest BCUT2D eigenvalue weighted by atomic mass is 19.4. The molecule has 1 aliphatic heterocycles. The highest BCUT2D eigenvalue weighted by Crippen LogP contribution is 2.31. The first kappa shape index (κ1) is 16.8. The van der Waals surface area contributed by atoms with Crippen molar-refractivity contribution in [1.82, 2.24) is 19.6 Å². The molecule has 1 aromatic carbocycles. The van der Waals surface area contributed by atoms with Crippen LogP contribution in [0.4, 0.5) is 13.2 Å². The maximum atomic E-state index is 12.6. The van der Waals surface area contributed by atoms with E-state index in [0.29, 0.717) is 23.8 Å². The van der Waals surface area contributed by atoms with Crippen LogP contribution >= 0.6 is 0 Å². The molecule has 136 valence electrons. The monoisotopic (exact) mass is 362 g/mol. The van der Waals surface area contributed by atoms with E-state index in [1.807, 2.05) is 6.07 Å².